The van der Waals surface area contributed by atoms with Gasteiger partial charge in [0.25, 0.3) is 0 Å². The summed E-state index contributed by atoms with van der Waals surface area (Å²) in [7, 11) is -3.79. The molecule has 5 rings (SSSR count). The molecule has 0 unspecified atom stereocenters. The van der Waals surface area contributed by atoms with Crippen LogP contribution in [0.5, 0.6) is 0 Å². The van der Waals surface area contributed by atoms with Gasteiger partial charge in [0.05, 0.1) is 25.4 Å². The predicted octanol–water partition coefficient (Wildman–Crippen LogP) is 1.42. The summed E-state index contributed by atoms with van der Waals surface area (Å²) in [4.78, 5) is 14.8. The minimum atomic E-state index is -3.79. The lowest BCUT2D eigenvalue weighted by Crippen LogP contribution is -2.59. The first kappa shape index (κ1) is 22.1. The van der Waals surface area contributed by atoms with E-state index in [2.05, 4.69) is 17.0 Å². The number of ether oxygens (including phenoxy) is 1. The molecule has 9 heteroatoms. The number of carbonyl (C=O) groups is 1. The molecule has 8 nitrogen and oxygen atoms in total. The number of nitrogens with two attached hydrogens (primary N) is 1. The first-order valence-electron chi connectivity index (χ1n) is 11.7. The highest BCUT2D eigenvalue weighted by Crippen LogP contribution is 2.47. The molecule has 2 N–H and O–H groups in total. The van der Waals surface area contributed by atoms with Crippen molar-refractivity contribution >= 4 is 21.8 Å². The van der Waals surface area contributed by atoms with Crippen molar-refractivity contribution in [2.45, 2.75) is 49.5 Å². The van der Waals surface area contributed by atoms with Gasteiger partial charge in [-0.3, -0.25) is 14.0 Å². The number of nitrogens with zero attached hydrogens (tertiary/aromatic N) is 3. The smallest absolute Gasteiger partial charge is 0.305 e. The molecule has 3 aliphatic heterocycles. The van der Waals surface area contributed by atoms with Crippen molar-refractivity contribution in [3.63, 3.8) is 0 Å². The van der Waals surface area contributed by atoms with E-state index in [0.717, 1.165) is 39.3 Å². The van der Waals surface area contributed by atoms with Gasteiger partial charge in [0.15, 0.2) is 0 Å². The van der Waals surface area contributed by atoms with Crippen molar-refractivity contribution in [2.75, 3.05) is 50.2 Å². The Kier molecular flexibility index (Phi) is 5.72. The van der Waals surface area contributed by atoms with Crippen LogP contribution in [0, 0.1) is 6.42 Å². The molecule has 4 fully saturated rings. The van der Waals surface area contributed by atoms with Crippen LogP contribution in [-0.4, -0.2) is 75.0 Å². The first-order chi connectivity index (χ1) is 15.4. The molecule has 1 aliphatic carbocycles. The van der Waals surface area contributed by atoms with Gasteiger partial charge >= 0.3 is 10.2 Å². The molecule has 0 aromatic heterocycles. The van der Waals surface area contributed by atoms with Crippen LogP contribution in [0.3, 0.4) is 0 Å². The molecule has 3 heterocycles. The second-order valence-corrected chi connectivity index (χ2v) is 11.4. The molecule has 1 atom stereocenters. The largest absolute Gasteiger partial charge is 0.379 e. The van der Waals surface area contributed by atoms with E-state index in [1.807, 2.05) is 12.1 Å². The van der Waals surface area contributed by atoms with Gasteiger partial charge in [0.2, 0.25) is 5.91 Å². The number of anilines is 1. The van der Waals surface area contributed by atoms with E-state index >= 15 is 0 Å². The minimum absolute atomic E-state index is 0.0478. The Balaban J connectivity index is 1.35. The van der Waals surface area contributed by atoms with Gasteiger partial charge in [-0.1, -0.05) is 18.6 Å². The predicted molar refractivity (Wildman–Crippen MR) is 122 cm³/mol. The van der Waals surface area contributed by atoms with Crippen molar-refractivity contribution < 1.29 is 17.9 Å². The summed E-state index contributed by atoms with van der Waals surface area (Å²) in [5.74, 6) is -0.601. The number of piperidine rings is 1. The van der Waals surface area contributed by atoms with Gasteiger partial charge in [-0.25, -0.2) is 0 Å². The maximum atomic E-state index is 13.3. The van der Waals surface area contributed by atoms with Crippen LogP contribution in [-0.2, 0) is 25.2 Å². The maximum absolute atomic E-state index is 13.3. The number of hydrogen-bond donors (Lipinski definition) is 1. The summed E-state index contributed by atoms with van der Waals surface area (Å²) in [6.07, 6.45) is 7.86. The zero-order chi connectivity index (χ0) is 22.4. The molecule has 175 valence electrons. The molecule has 32 heavy (non-hydrogen) atoms. The van der Waals surface area contributed by atoms with E-state index in [-0.39, 0.29) is 12.0 Å². The number of morpholine rings is 1. The molecule has 4 aliphatic rings. The van der Waals surface area contributed by atoms with Gasteiger partial charge in [-0.2, -0.15) is 12.7 Å². The van der Waals surface area contributed by atoms with Crippen molar-refractivity contribution in [1.82, 2.24) is 9.21 Å². The standard InChI is InChI=1S/C23H33N4O4S/c24-21(28)23-10-1-2-12-27(23)32(29,30)26(18-23)20-6-4-19(5-7-20)22(8-3-9-22)11-13-25-14-16-31-17-15-25/h4-7,10H,1-3,8-9,11-18H2,(H2,24,28)/t23-/m1/s1. The molecule has 1 amide bonds. The molecule has 3 saturated heterocycles. The van der Waals surface area contributed by atoms with E-state index < -0.39 is 21.7 Å². The quantitative estimate of drug-likeness (QED) is 0.691. The van der Waals surface area contributed by atoms with E-state index in [9.17, 15) is 13.2 Å². The van der Waals surface area contributed by atoms with Crippen molar-refractivity contribution in [2.24, 2.45) is 5.73 Å². The first-order valence-corrected chi connectivity index (χ1v) is 13.1. The lowest BCUT2D eigenvalue weighted by atomic mass is 9.62. The summed E-state index contributed by atoms with van der Waals surface area (Å²) >= 11 is 0. The normalized spacial score (nSPS) is 29.9. The molecule has 0 spiro atoms. The van der Waals surface area contributed by atoms with Crippen LogP contribution >= 0.6 is 0 Å². The Hall–Kier alpha value is -1.68. The Morgan fingerprint density at radius 1 is 1.06 bits per heavy atom. The number of carbonyl (C=O) groups excluding carboxylic acids is 1. The van der Waals surface area contributed by atoms with Crippen LogP contribution in [0.25, 0.3) is 0 Å². The molecule has 1 saturated carbocycles. The average molecular weight is 462 g/mol. The van der Waals surface area contributed by atoms with Crippen LogP contribution < -0.4 is 10.0 Å². The van der Waals surface area contributed by atoms with Crippen molar-refractivity contribution in [1.29, 1.82) is 0 Å². The van der Waals surface area contributed by atoms with Crippen molar-refractivity contribution in [3.05, 3.63) is 36.2 Å². The number of fused-ring (bicyclic) bond motifs is 1. The summed E-state index contributed by atoms with van der Waals surface area (Å²) in [5, 5.41) is 0. The lowest BCUT2D eigenvalue weighted by molar-refractivity contribution is -0.125. The van der Waals surface area contributed by atoms with E-state index in [4.69, 9.17) is 10.5 Å². The maximum Gasteiger partial charge on any atom is 0.305 e. The fourth-order valence-corrected chi connectivity index (χ4v) is 7.73. The van der Waals surface area contributed by atoms with Gasteiger partial charge < -0.3 is 10.5 Å². The minimum Gasteiger partial charge on any atom is -0.379 e. The average Bonchev–Trinajstić information content (AvgIpc) is 3.03. The molecule has 1 aromatic carbocycles. The van der Waals surface area contributed by atoms with Gasteiger partial charge in [0, 0.05) is 19.6 Å². The summed E-state index contributed by atoms with van der Waals surface area (Å²) in [5.41, 5.74) is 6.51. The lowest BCUT2D eigenvalue weighted by Gasteiger charge is -2.44. The third kappa shape index (κ3) is 3.54. The molecule has 1 radical (unpaired) electrons. The molecule has 0 bridgehead atoms. The second kappa shape index (κ2) is 8.27. The van der Waals surface area contributed by atoms with Crippen LogP contribution in [0.4, 0.5) is 5.69 Å². The van der Waals surface area contributed by atoms with E-state index in [1.54, 1.807) is 6.42 Å². The number of primary amides is 1. The van der Waals surface area contributed by atoms with E-state index in [0.29, 0.717) is 25.1 Å². The summed E-state index contributed by atoms with van der Waals surface area (Å²) in [6.45, 7) is 5.05. The third-order valence-corrected chi connectivity index (χ3v) is 9.91. The fourth-order valence-electron chi connectivity index (χ4n) is 5.75. The highest BCUT2D eigenvalue weighted by molar-refractivity contribution is 7.90. The van der Waals surface area contributed by atoms with Gasteiger partial charge in [-0.05, 0) is 68.2 Å². The molecular formula is C23H33N4O4S. The van der Waals surface area contributed by atoms with Crippen LogP contribution in [0.15, 0.2) is 24.3 Å². The van der Waals surface area contributed by atoms with Gasteiger partial charge in [-0.15, -0.1) is 0 Å². The third-order valence-electron chi connectivity index (χ3n) is 7.95. The topological polar surface area (TPSA) is 96.2 Å². The zero-order valence-corrected chi connectivity index (χ0v) is 19.4. The summed E-state index contributed by atoms with van der Waals surface area (Å²) < 4.78 is 34.6. The molecular weight excluding hydrogens is 428 g/mol. The SMILES string of the molecule is NC(=O)[C@]12[CH]CCCN1S(=O)(=O)N(c1ccc(C3(CCN4CCOCC4)CCC3)cc1)C2. The Morgan fingerprint density at radius 2 is 1.78 bits per heavy atom. The monoisotopic (exact) mass is 461 g/mol. The van der Waals surface area contributed by atoms with Crippen LogP contribution in [0.2, 0.25) is 0 Å². The highest BCUT2D eigenvalue weighted by Gasteiger charge is 2.59. The zero-order valence-electron chi connectivity index (χ0n) is 18.5. The highest BCUT2D eigenvalue weighted by atomic mass is 32.2. The Morgan fingerprint density at radius 3 is 2.38 bits per heavy atom. The number of rotatable bonds is 6. The van der Waals surface area contributed by atoms with Crippen LogP contribution in [0.1, 0.15) is 44.1 Å². The fraction of sp³-hybridized carbons (Fsp3) is 0.652. The Labute approximate surface area is 190 Å². The van der Waals surface area contributed by atoms with E-state index in [1.165, 1.54) is 33.4 Å². The van der Waals surface area contributed by atoms with Crippen molar-refractivity contribution in [3.8, 4) is 0 Å². The second-order valence-electron chi connectivity index (χ2n) is 9.61. The Bertz CT molecular complexity index is 957. The number of hydrogen-bond acceptors (Lipinski definition) is 5. The number of benzene rings is 1. The summed E-state index contributed by atoms with van der Waals surface area (Å²) in [6, 6.07) is 7.96. The number of amides is 1. The van der Waals surface area contributed by atoms with Gasteiger partial charge in [0.1, 0.15) is 5.54 Å². The molecule has 1 aromatic rings.